The van der Waals surface area contributed by atoms with Crippen LogP contribution in [0.15, 0.2) is 82.7 Å². The van der Waals surface area contributed by atoms with E-state index in [4.69, 9.17) is 68.4 Å². The number of nitrogens with one attached hydrogen (secondary N) is 1. The molecule has 1 unspecified atom stereocenters. The Morgan fingerprint density at radius 2 is 1.52 bits per heavy atom. The van der Waals surface area contributed by atoms with Crippen LogP contribution < -0.4 is 16.8 Å². The number of benzene rings is 1. The van der Waals surface area contributed by atoms with Crippen molar-refractivity contribution in [1.82, 2.24) is 49.9 Å². The fourth-order valence-electron chi connectivity index (χ4n) is 16.3. The second kappa shape index (κ2) is 48.4. The molecule has 1 aromatic carbocycles. The zero-order valence-electron chi connectivity index (χ0n) is 71.9. The molecule has 15 atom stereocenters. The minimum atomic E-state index is -2.46. The van der Waals surface area contributed by atoms with Crippen molar-refractivity contribution in [3.8, 4) is 11.3 Å². The third-order valence-electron chi connectivity index (χ3n) is 23.5. The van der Waals surface area contributed by atoms with Crippen LogP contribution in [0.4, 0.5) is 11.8 Å². The van der Waals surface area contributed by atoms with Crippen molar-refractivity contribution in [2.24, 2.45) is 35.5 Å². The number of nitrogen functional groups attached to an aromatic ring is 2. The number of aryl methyl sites for hydroxylation is 2. The average Bonchev–Trinajstić information content (AvgIpc) is 1.78. The molecule has 3 aliphatic heterocycles. The predicted molar refractivity (Wildman–Crippen MR) is 448 cm³/mol. The minimum Gasteiger partial charge on any atom is -0.460 e. The first kappa shape index (κ1) is 95.4. The highest BCUT2D eigenvalue weighted by Gasteiger charge is 2.53. The van der Waals surface area contributed by atoms with E-state index in [1.54, 1.807) is 56.5 Å². The molecule has 662 valence electrons. The number of nitrogens with two attached hydrogens (primary N) is 2. The molecule has 120 heavy (non-hydrogen) atoms. The Labute approximate surface area is 704 Å². The van der Waals surface area contributed by atoms with E-state index in [0.29, 0.717) is 195 Å². The van der Waals surface area contributed by atoms with Crippen LogP contribution in [0.3, 0.4) is 0 Å². The Hall–Kier alpha value is -8.41. The number of ether oxygens (including phenoxy) is 10. The third kappa shape index (κ3) is 28.1. The van der Waals surface area contributed by atoms with Crippen LogP contribution in [0.1, 0.15) is 183 Å². The zero-order valence-corrected chi connectivity index (χ0v) is 71.9. The number of carbonyl (C=O) groups excluding carboxylic acids is 7. The molecule has 9 rings (SSSR count). The van der Waals surface area contributed by atoms with E-state index in [0.717, 1.165) is 48.9 Å². The van der Waals surface area contributed by atoms with Crippen molar-refractivity contribution in [2.75, 3.05) is 105 Å². The van der Waals surface area contributed by atoms with E-state index < -0.39 is 77.8 Å². The van der Waals surface area contributed by atoms with E-state index in [1.807, 2.05) is 76.4 Å². The number of aliphatic hydroxyl groups is 2. The van der Waals surface area contributed by atoms with Crippen molar-refractivity contribution >= 4 is 74.9 Å². The van der Waals surface area contributed by atoms with Gasteiger partial charge in [-0.3, -0.25) is 28.8 Å². The van der Waals surface area contributed by atoms with Gasteiger partial charge in [-0.25, -0.2) is 24.1 Å². The Bertz CT molecular complexity index is 4250. The molecule has 2 saturated heterocycles. The van der Waals surface area contributed by atoms with Gasteiger partial charge in [0.05, 0.1) is 88.3 Å². The number of Topliss-reactive ketones (excluding diaryl/α,β-unsaturated/α-hetero) is 4. The second-order valence-electron chi connectivity index (χ2n) is 32.8. The van der Waals surface area contributed by atoms with E-state index >= 15 is 0 Å². The van der Waals surface area contributed by atoms with Gasteiger partial charge in [0.1, 0.15) is 59.3 Å². The molecule has 0 spiro atoms. The lowest BCUT2D eigenvalue weighted by molar-refractivity contribution is -0.265. The number of anilines is 2. The maximum atomic E-state index is 14.8. The summed E-state index contributed by atoms with van der Waals surface area (Å²) in [4.78, 5) is 111. The summed E-state index contributed by atoms with van der Waals surface area (Å²) < 4.78 is 68.5. The predicted octanol–water partition coefficient (Wildman–Crippen LogP) is 9.72. The number of rotatable bonds is 37. The molecule has 3 fully saturated rings. The number of carbonyl (C=O) groups is 7. The minimum absolute atomic E-state index is 0.00631. The molecule has 1 aliphatic carbocycles. The lowest BCUT2D eigenvalue weighted by atomic mass is 9.78. The first-order chi connectivity index (χ1) is 57.8. The first-order valence-electron chi connectivity index (χ1n) is 43.0. The quantitative estimate of drug-likeness (QED) is 0.0107. The number of esters is 1. The fraction of sp³-hybridized carbons (Fsp3) is 0.670. The number of unbranched alkanes of at least 4 members (excludes halogenated alkanes) is 2. The zero-order chi connectivity index (χ0) is 86.3. The Balaban J connectivity index is 0.635. The number of cyclic esters (lactones) is 1. The number of piperidine rings is 1. The SMILES string of the molecule is CO[C@H]1C[C@@H]2CC[C@@H](C)[C@@](O)(O2)C(=O)C(=O)N2CCCC[C@H]2C(=O)OC([C@H](C)C[C@@H]2CC[C@@H](OCCCCc3cn(CCOCCOCCOCCOCCCC(=O)CCC(=O)NCCCCn4nc(-c5ccc6oc(N)nc6c5)c5c(N)ncnc54)nn3)[C@H](OC)C2)CC(=O)[C@H](C)/C=C(\C)[C@@H](O)[C@@H](OC)C(=O)[C@H](C)C[C@H](C)/C=C/C=C/C=C/1C. The van der Waals surface area contributed by atoms with Crippen molar-refractivity contribution in [1.29, 1.82) is 0 Å². The second-order valence-corrected chi connectivity index (χ2v) is 32.8. The normalized spacial score (nSPS) is 27.4. The van der Waals surface area contributed by atoms with Gasteiger partial charge in [-0.05, 0) is 164 Å². The maximum Gasteiger partial charge on any atom is 0.329 e. The highest BCUT2D eigenvalue weighted by Crippen LogP contribution is 2.40. The van der Waals surface area contributed by atoms with Crippen LogP contribution in [0, 0.1) is 35.5 Å². The molecule has 32 nitrogen and oxygen atoms in total. The number of fused-ring (bicyclic) bond motifs is 5. The summed E-state index contributed by atoms with van der Waals surface area (Å²) in [5.41, 5.74) is 17.3. The number of hydrogen-bond donors (Lipinski definition) is 5. The van der Waals surface area contributed by atoms with Gasteiger partial charge in [0.15, 0.2) is 17.0 Å². The molecule has 1 saturated carbocycles. The standard InChI is InChI=1S/C88H130N12O20/c1-56-21-12-11-13-22-57(2)73(110-8)52-67-30-26-62(7)88(109,120-67)82(106)85(107)99-35-17-14-25-69(99)86(108)118-74(53-70(102)58(3)48-61(6)80(105)81(112-10)79(104)60(5)47-56)59(4)49-63-27-31-72(75(50-63)111-9)117-39-19-15-23-65-54-98(97-95-65)37-40-114-42-44-116-46-45-115-43-41-113-38-20-24-66(101)29-33-76(103)91-34-16-18-36-100-84-77(83(89)92-55-93-84)78(96-100)64-28-32-71-68(51-64)94-87(90)119-71/h11-13,21-22,28,32,48,51,54-56,58-60,62-63,67,69,72-75,80-81,105,109H,14-20,23-27,29-31,33-47,49-50,52-53H2,1-10H3,(H2,90,94)(H,91,103)(H2,89,92,93)/b13-11+,21-12+,57-22+,61-48+/t56-,58-,59-,60-,62-,63+,67+,69+,72-,73+,74?,75-,80-,81+,88-/m1/s1. The number of aromatic nitrogens is 8. The van der Waals surface area contributed by atoms with Crippen LogP contribution in [0.25, 0.3) is 33.4 Å². The molecular formula is C88H130N12O20. The van der Waals surface area contributed by atoms with Gasteiger partial charge in [-0.15, -0.1) is 5.10 Å². The van der Waals surface area contributed by atoms with Gasteiger partial charge >= 0.3 is 5.97 Å². The smallest absolute Gasteiger partial charge is 0.329 e. The first-order valence-corrected chi connectivity index (χ1v) is 43.0. The molecule has 4 aromatic heterocycles. The number of aliphatic hydroxyl groups excluding tert-OH is 1. The van der Waals surface area contributed by atoms with Gasteiger partial charge in [0.25, 0.3) is 17.7 Å². The summed E-state index contributed by atoms with van der Waals surface area (Å²) in [6, 6.07) is 4.36. The van der Waals surface area contributed by atoms with Crippen LogP contribution in [-0.2, 0) is 100 Å². The summed E-state index contributed by atoms with van der Waals surface area (Å²) >= 11 is 0. The molecule has 7 N–H and O–H groups in total. The van der Waals surface area contributed by atoms with E-state index in [1.165, 1.54) is 18.3 Å². The van der Waals surface area contributed by atoms with Gasteiger partial charge in [-0.1, -0.05) is 76.3 Å². The largest absolute Gasteiger partial charge is 0.460 e. The monoisotopic (exact) mass is 1670 g/mol. The van der Waals surface area contributed by atoms with Gasteiger partial charge in [-0.2, -0.15) is 10.1 Å². The summed E-state index contributed by atoms with van der Waals surface area (Å²) in [5, 5.41) is 40.8. The Kier molecular flexibility index (Phi) is 38.5. The number of hydrogen-bond acceptors (Lipinski definition) is 28. The Morgan fingerprint density at radius 1 is 0.767 bits per heavy atom. The highest BCUT2D eigenvalue weighted by atomic mass is 16.6. The maximum absolute atomic E-state index is 14.8. The number of oxazole rings is 1. The molecule has 5 aromatic rings. The molecule has 32 heteroatoms. The summed E-state index contributed by atoms with van der Waals surface area (Å²) in [7, 11) is 4.64. The van der Waals surface area contributed by atoms with E-state index in [9.17, 15) is 43.8 Å². The number of methoxy groups -OCH3 is 3. The highest BCUT2D eigenvalue weighted by molar-refractivity contribution is 6.39. The fourth-order valence-corrected chi connectivity index (χ4v) is 16.3. The molecule has 0 radical (unpaired) electrons. The number of allylic oxidation sites excluding steroid dienone is 6. The van der Waals surface area contributed by atoms with Crippen LogP contribution in [0.5, 0.6) is 0 Å². The summed E-state index contributed by atoms with van der Waals surface area (Å²) in [6.45, 7) is 18.1. The van der Waals surface area contributed by atoms with E-state index in [2.05, 4.69) is 30.6 Å². The van der Waals surface area contributed by atoms with Crippen molar-refractivity contribution in [3.05, 3.63) is 84.0 Å². The third-order valence-corrected chi connectivity index (χ3v) is 23.5. The topological polar surface area (TPSA) is 420 Å². The van der Waals surface area contributed by atoms with E-state index in [-0.39, 0.29) is 91.5 Å². The lowest BCUT2D eigenvalue weighted by Crippen LogP contribution is -2.61. The van der Waals surface area contributed by atoms with Gasteiger partial charge in [0.2, 0.25) is 11.7 Å². The van der Waals surface area contributed by atoms with Crippen molar-refractivity contribution in [3.63, 3.8) is 0 Å². The van der Waals surface area contributed by atoms with Gasteiger partial charge < -0.3 is 83.7 Å². The summed E-state index contributed by atoms with van der Waals surface area (Å²) in [5.74, 6) is -8.06. The average molecular weight is 1680 g/mol. The Morgan fingerprint density at radius 3 is 2.27 bits per heavy atom. The van der Waals surface area contributed by atoms with Crippen molar-refractivity contribution < 1.29 is 95.6 Å². The summed E-state index contributed by atoms with van der Waals surface area (Å²) in [6.07, 6.45) is 20.0. The number of amides is 2. The van der Waals surface area contributed by atoms with Gasteiger partial charge in [0, 0.05) is 116 Å². The molecular weight excluding hydrogens is 1550 g/mol. The van der Waals surface area contributed by atoms with Crippen LogP contribution in [-0.4, -0.2) is 244 Å². The van der Waals surface area contributed by atoms with Crippen LogP contribution in [0.2, 0.25) is 0 Å². The number of ketones is 4. The van der Waals surface area contributed by atoms with Crippen molar-refractivity contribution in [2.45, 2.75) is 251 Å². The molecule has 2 bridgehead atoms. The number of nitrogens with zero attached hydrogens (tertiary/aromatic N) is 9. The van der Waals surface area contributed by atoms with Crippen LogP contribution >= 0.6 is 0 Å². The molecule has 7 heterocycles. The lowest BCUT2D eigenvalue weighted by Gasteiger charge is -2.42. The molecule has 2 amide bonds. The molecule has 4 aliphatic rings.